The van der Waals surface area contributed by atoms with Crippen LogP contribution in [0.25, 0.3) is 10.4 Å². The first kappa shape index (κ1) is 29.7. The molecular formula is C24H30F5N5O3S. The lowest BCUT2D eigenvalue weighted by Crippen LogP contribution is -2.38. The molecule has 38 heavy (non-hydrogen) atoms. The van der Waals surface area contributed by atoms with Gasteiger partial charge in [-0.2, -0.15) is 13.2 Å². The molecule has 2 aromatic rings. The minimum atomic E-state index is -4.88. The fraction of sp³-hybridized carbons (Fsp3) is 0.583. The smallest absolute Gasteiger partial charge is 0.389 e. The molecule has 3 heterocycles. The summed E-state index contributed by atoms with van der Waals surface area (Å²) in [5.74, 6) is -5.10. The van der Waals surface area contributed by atoms with Crippen molar-refractivity contribution in [2.45, 2.75) is 77.2 Å². The molecule has 1 unspecified atom stereocenters. The number of hydrogen-bond donors (Lipinski definition) is 3. The second-order valence-corrected chi connectivity index (χ2v) is 12.0. The van der Waals surface area contributed by atoms with E-state index >= 15 is 0 Å². The van der Waals surface area contributed by atoms with Crippen LogP contribution < -0.4 is 10.6 Å². The number of amides is 2. The number of likely N-dealkylation sites (tertiary alicyclic amines) is 1. The lowest BCUT2D eigenvalue weighted by molar-refractivity contribution is -0.137. The van der Waals surface area contributed by atoms with Gasteiger partial charge < -0.3 is 20.6 Å². The number of hydrogen-bond acceptors (Lipinski definition) is 7. The van der Waals surface area contributed by atoms with Gasteiger partial charge in [0.15, 0.2) is 5.01 Å². The second kappa shape index (κ2) is 10.0. The zero-order valence-electron chi connectivity index (χ0n) is 21.8. The highest BCUT2D eigenvalue weighted by atomic mass is 32.1. The fourth-order valence-corrected chi connectivity index (χ4v) is 4.86. The highest BCUT2D eigenvalue weighted by Gasteiger charge is 2.46. The number of aliphatic hydroxyl groups is 1. The molecule has 1 saturated heterocycles. The maximum Gasteiger partial charge on any atom is 0.417 e. The van der Waals surface area contributed by atoms with Crippen molar-refractivity contribution in [3.63, 3.8) is 0 Å². The molecule has 2 aromatic heterocycles. The largest absolute Gasteiger partial charge is 0.417 e. The number of thiazole rings is 1. The molecule has 0 saturated carbocycles. The number of anilines is 1. The number of carbonyl (C=O) groups is 2. The van der Waals surface area contributed by atoms with Gasteiger partial charge in [0.2, 0.25) is 0 Å². The summed E-state index contributed by atoms with van der Waals surface area (Å²) in [5.41, 5.74) is -4.12. The summed E-state index contributed by atoms with van der Waals surface area (Å²) < 4.78 is 70.6. The Morgan fingerprint density at radius 1 is 1.21 bits per heavy atom. The van der Waals surface area contributed by atoms with Crippen molar-refractivity contribution in [3.8, 4) is 10.4 Å². The number of rotatable bonds is 6. The second-order valence-electron chi connectivity index (χ2n) is 11.0. The van der Waals surface area contributed by atoms with Gasteiger partial charge in [-0.25, -0.2) is 18.7 Å². The van der Waals surface area contributed by atoms with Crippen molar-refractivity contribution in [2.75, 3.05) is 18.4 Å². The number of nitrogens with one attached hydrogen (secondary N) is 2. The Hall–Kier alpha value is -2.87. The summed E-state index contributed by atoms with van der Waals surface area (Å²) in [5, 5.41) is 14.8. The van der Waals surface area contributed by atoms with E-state index in [1.807, 2.05) is 0 Å². The standard InChI is InChI=1S/C24H30F5N5O3S/c1-12-8-23(25,26)11-34(12)20(36)16-17(38-19(32-16)18(35)31-10-22(5,6)37)13-9-30-15(33-21(2,3)4)7-14(13)24(27,28)29/h7,9,12,37H,8,10-11H2,1-6H3,(H,30,33)(H,31,35). The molecule has 3 rings (SSSR count). The first-order chi connectivity index (χ1) is 17.2. The van der Waals surface area contributed by atoms with Gasteiger partial charge in [0.05, 0.1) is 22.6 Å². The highest BCUT2D eigenvalue weighted by Crippen LogP contribution is 2.42. The van der Waals surface area contributed by atoms with E-state index in [1.165, 1.54) is 20.8 Å². The van der Waals surface area contributed by atoms with E-state index in [1.54, 1.807) is 20.8 Å². The molecule has 8 nitrogen and oxygen atoms in total. The number of nitrogens with zero attached hydrogens (tertiary/aromatic N) is 3. The molecule has 2 amide bonds. The Morgan fingerprint density at radius 2 is 1.84 bits per heavy atom. The molecule has 0 bridgehead atoms. The fourth-order valence-electron chi connectivity index (χ4n) is 3.86. The lowest BCUT2D eigenvalue weighted by atomic mass is 10.1. The van der Waals surface area contributed by atoms with Gasteiger partial charge in [-0.3, -0.25) is 9.59 Å². The van der Waals surface area contributed by atoms with E-state index < -0.39 is 70.9 Å². The van der Waals surface area contributed by atoms with Crippen LogP contribution in [0.5, 0.6) is 0 Å². The van der Waals surface area contributed by atoms with E-state index in [0.717, 1.165) is 17.2 Å². The van der Waals surface area contributed by atoms with Crippen LogP contribution in [0, 0.1) is 0 Å². The van der Waals surface area contributed by atoms with Crippen molar-refractivity contribution in [3.05, 3.63) is 28.5 Å². The zero-order chi connectivity index (χ0) is 28.8. The molecule has 1 atom stereocenters. The van der Waals surface area contributed by atoms with Crippen LogP contribution in [0.2, 0.25) is 0 Å². The van der Waals surface area contributed by atoms with Crippen LogP contribution in [-0.2, 0) is 6.18 Å². The molecule has 14 heteroatoms. The van der Waals surface area contributed by atoms with Crippen molar-refractivity contribution in [1.82, 2.24) is 20.2 Å². The maximum atomic E-state index is 14.2. The summed E-state index contributed by atoms with van der Waals surface area (Å²) in [6.07, 6.45) is -4.57. The van der Waals surface area contributed by atoms with Crippen LogP contribution in [0.1, 0.15) is 73.8 Å². The van der Waals surface area contributed by atoms with Gasteiger partial charge >= 0.3 is 6.18 Å². The predicted molar refractivity (Wildman–Crippen MR) is 132 cm³/mol. The third-order valence-corrected chi connectivity index (χ3v) is 6.54. The molecular weight excluding hydrogens is 533 g/mol. The number of pyridine rings is 1. The van der Waals surface area contributed by atoms with Gasteiger partial charge in [-0.05, 0) is 47.6 Å². The average Bonchev–Trinajstić information content (AvgIpc) is 3.29. The van der Waals surface area contributed by atoms with Crippen LogP contribution in [0.4, 0.5) is 27.8 Å². The minimum absolute atomic E-state index is 0.0677. The van der Waals surface area contributed by atoms with Gasteiger partial charge in [0.25, 0.3) is 17.7 Å². The minimum Gasteiger partial charge on any atom is -0.389 e. The summed E-state index contributed by atoms with van der Waals surface area (Å²) in [4.78, 5) is 34.7. The molecule has 0 spiro atoms. The number of halogens is 5. The lowest BCUT2D eigenvalue weighted by Gasteiger charge is -2.23. The number of carbonyl (C=O) groups excluding carboxylic acids is 2. The Morgan fingerprint density at radius 3 is 2.34 bits per heavy atom. The van der Waals surface area contributed by atoms with Crippen molar-refractivity contribution in [2.24, 2.45) is 0 Å². The van der Waals surface area contributed by atoms with E-state index in [9.17, 15) is 36.6 Å². The van der Waals surface area contributed by atoms with Gasteiger partial charge in [-0.15, -0.1) is 11.3 Å². The van der Waals surface area contributed by atoms with E-state index in [2.05, 4.69) is 20.6 Å². The van der Waals surface area contributed by atoms with Crippen LogP contribution in [-0.4, -0.2) is 68.0 Å². The Labute approximate surface area is 220 Å². The Kier molecular flexibility index (Phi) is 7.83. The number of alkyl halides is 5. The topological polar surface area (TPSA) is 107 Å². The first-order valence-corrected chi connectivity index (χ1v) is 12.5. The van der Waals surface area contributed by atoms with Crippen molar-refractivity contribution in [1.29, 1.82) is 0 Å². The van der Waals surface area contributed by atoms with Crippen molar-refractivity contribution < 1.29 is 36.6 Å². The molecule has 1 aliphatic heterocycles. The van der Waals surface area contributed by atoms with Gasteiger partial charge in [-0.1, -0.05) is 0 Å². The summed E-state index contributed by atoms with van der Waals surface area (Å²) in [6.45, 7) is 8.34. The summed E-state index contributed by atoms with van der Waals surface area (Å²) >= 11 is 0.509. The van der Waals surface area contributed by atoms with Crippen LogP contribution in [0.15, 0.2) is 12.3 Å². The Bertz CT molecular complexity index is 1220. The molecule has 3 N–H and O–H groups in total. The summed E-state index contributed by atoms with van der Waals surface area (Å²) in [6, 6.07) is -0.118. The van der Waals surface area contributed by atoms with E-state index in [0.29, 0.717) is 11.3 Å². The molecule has 210 valence electrons. The first-order valence-electron chi connectivity index (χ1n) is 11.7. The predicted octanol–water partition coefficient (Wildman–Crippen LogP) is 4.80. The van der Waals surface area contributed by atoms with Crippen LogP contribution in [0.3, 0.4) is 0 Å². The Balaban J connectivity index is 2.16. The third-order valence-electron chi connectivity index (χ3n) is 5.45. The average molecular weight is 564 g/mol. The van der Waals surface area contributed by atoms with Crippen molar-refractivity contribution >= 4 is 29.0 Å². The van der Waals surface area contributed by atoms with Crippen LogP contribution >= 0.6 is 11.3 Å². The number of aromatic nitrogens is 2. The molecule has 0 aromatic carbocycles. The summed E-state index contributed by atoms with van der Waals surface area (Å²) in [7, 11) is 0. The van der Waals surface area contributed by atoms with E-state index in [-0.39, 0.29) is 22.2 Å². The van der Waals surface area contributed by atoms with Gasteiger partial charge in [0, 0.05) is 36.3 Å². The highest BCUT2D eigenvalue weighted by molar-refractivity contribution is 7.17. The van der Waals surface area contributed by atoms with E-state index in [4.69, 9.17) is 0 Å². The third kappa shape index (κ3) is 7.16. The zero-order valence-corrected chi connectivity index (χ0v) is 22.6. The maximum absolute atomic E-state index is 14.2. The SMILES string of the molecule is CC1CC(F)(F)CN1C(=O)c1nc(C(=O)NCC(C)(C)O)sc1-c1cnc(NC(C)(C)C)cc1C(F)(F)F. The molecule has 1 aliphatic rings. The van der Waals surface area contributed by atoms with Gasteiger partial charge in [0.1, 0.15) is 11.5 Å². The quantitative estimate of drug-likeness (QED) is 0.436. The normalized spacial score (nSPS) is 18.0. The monoisotopic (exact) mass is 563 g/mol. The molecule has 1 fully saturated rings. The molecule has 0 radical (unpaired) electrons. The molecule has 0 aliphatic carbocycles.